The Labute approximate surface area is 165 Å². The number of hydrogen-bond acceptors (Lipinski definition) is 4. The molecule has 1 aliphatic heterocycles. The fraction of sp³-hybridized carbons (Fsp3) is 0.588. The highest BCUT2D eigenvalue weighted by Crippen LogP contribution is 2.32. The second-order valence-electron chi connectivity index (χ2n) is 6.52. The fourth-order valence-corrected chi connectivity index (χ4v) is 4.71. The zero-order valence-electron chi connectivity index (χ0n) is 15.0. The van der Waals surface area contributed by atoms with Crippen LogP contribution < -0.4 is 9.62 Å². The molecule has 1 aromatic rings. The largest absolute Gasteiger partial charge is 0.354 e. The van der Waals surface area contributed by atoms with Crippen LogP contribution in [0.4, 0.5) is 5.69 Å². The van der Waals surface area contributed by atoms with E-state index in [1.54, 1.807) is 6.07 Å². The Balaban J connectivity index is 2.02. The van der Waals surface area contributed by atoms with Crippen LogP contribution in [0.5, 0.6) is 0 Å². The van der Waals surface area contributed by atoms with E-state index in [4.69, 9.17) is 23.2 Å². The molecule has 0 aliphatic carbocycles. The number of hydrogen-bond donors (Lipinski definition) is 1. The molecule has 0 aromatic heterocycles. The van der Waals surface area contributed by atoms with Gasteiger partial charge in [-0.3, -0.25) is 9.10 Å². The number of amides is 1. The number of benzene rings is 1. The van der Waals surface area contributed by atoms with Gasteiger partial charge in [0.2, 0.25) is 15.9 Å². The standard InChI is InChI=1S/C17H25Cl2N3O3S/c1-13(17(23)20-8-5-11-21-9-3-4-10-21)22(26(2,24)25)16-12-14(18)6-7-15(16)19/h6-7,12-13H,3-5,8-11H2,1-2H3,(H,20,23)/t13-/m1/s1. The van der Waals surface area contributed by atoms with Gasteiger partial charge in [-0.1, -0.05) is 23.2 Å². The van der Waals surface area contributed by atoms with E-state index < -0.39 is 16.1 Å². The van der Waals surface area contributed by atoms with Gasteiger partial charge in [-0.15, -0.1) is 0 Å². The summed E-state index contributed by atoms with van der Waals surface area (Å²) in [5.41, 5.74) is 0.196. The first-order valence-electron chi connectivity index (χ1n) is 8.64. The number of sulfonamides is 1. The summed E-state index contributed by atoms with van der Waals surface area (Å²) in [6, 6.07) is 3.59. The first-order valence-corrected chi connectivity index (χ1v) is 11.2. The van der Waals surface area contributed by atoms with E-state index in [1.165, 1.54) is 31.9 Å². The Hall–Kier alpha value is -1.02. The van der Waals surface area contributed by atoms with E-state index in [9.17, 15) is 13.2 Å². The minimum atomic E-state index is -3.72. The van der Waals surface area contributed by atoms with Gasteiger partial charge in [0, 0.05) is 11.6 Å². The number of carbonyl (C=O) groups excluding carboxylic acids is 1. The minimum Gasteiger partial charge on any atom is -0.354 e. The maximum atomic E-state index is 12.5. The molecule has 1 aromatic carbocycles. The minimum absolute atomic E-state index is 0.196. The first-order chi connectivity index (χ1) is 12.2. The van der Waals surface area contributed by atoms with Crippen molar-refractivity contribution < 1.29 is 13.2 Å². The van der Waals surface area contributed by atoms with Crippen LogP contribution in [-0.4, -0.2) is 57.7 Å². The van der Waals surface area contributed by atoms with Crippen molar-refractivity contribution in [2.75, 3.05) is 36.7 Å². The van der Waals surface area contributed by atoms with Crippen molar-refractivity contribution in [3.8, 4) is 0 Å². The van der Waals surface area contributed by atoms with Gasteiger partial charge in [-0.2, -0.15) is 0 Å². The maximum absolute atomic E-state index is 12.5. The summed E-state index contributed by atoms with van der Waals surface area (Å²) >= 11 is 12.1. The van der Waals surface area contributed by atoms with Gasteiger partial charge < -0.3 is 10.2 Å². The fourth-order valence-electron chi connectivity index (χ4n) is 3.10. The number of nitrogens with one attached hydrogen (secondary N) is 1. The van der Waals surface area contributed by atoms with E-state index >= 15 is 0 Å². The van der Waals surface area contributed by atoms with Crippen LogP contribution in [0.3, 0.4) is 0 Å². The van der Waals surface area contributed by atoms with Gasteiger partial charge >= 0.3 is 0 Å². The summed E-state index contributed by atoms with van der Waals surface area (Å²) < 4.78 is 25.6. The molecule has 0 saturated carbocycles. The normalized spacial score (nSPS) is 16.5. The Bertz CT molecular complexity index is 737. The zero-order chi connectivity index (χ0) is 19.3. The number of rotatable bonds is 8. The SMILES string of the molecule is C[C@H](C(=O)NCCCN1CCCC1)N(c1cc(Cl)ccc1Cl)S(C)(=O)=O. The van der Waals surface area contributed by atoms with Crippen molar-refractivity contribution in [1.82, 2.24) is 10.2 Å². The zero-order valence-corrected chi connectivity index (χ0v) is 17.4. The predicted octanol–water partition coefficient (Wildman–Crippen LogP) is 2.75. The van der Waals surface area contributed by atoms with Gasteiger partial charge in [0.25, 0.3) is 0 Å². The highest BCUT2D eigenvalue weighted by Gasteiger charge is 2.30. The van der Waals surface area contributed by atoms with Crippen LogP contribution in [0.15, 0.2) is 18.2 Å². The molecule has 6 nitrogen and oxygen atoms in total. The number of halogens is 2. The van der Waals surface area contributed by atoms with Crippen LogP contribution in [0, 0.1) is 0 Å². The molecule has 0 radical (unpaired) electrons. The molecule has 1 amide bonds. The van der Waals surface area contributed by atoms with E-state index in [0.29, 0.717) is 11.6 Å². The van der Waals surface area contributed by atoms with Gasteiger partial charge in [0.15, 0.2) is 0 Å². The monoisotopic (exact) mass is 421 g/mol. The summed E-state index contributed by atoms with van der Waals surface area (Å²) in [6.07, 6.45) is 4.33. The molecule has 146 valence electrons. The van der Waals surface area contributed by atoms with E-state index in [-0.39, 0.29) is 16.6 Å². The molecule has 1 aliphatic rings. The number of carbonyl (C=O) groups is 1. The third-order valence-corrected chi connectivity index (χ3v) is 6.17. The molecule has 1 saturated heterocycles. The third-order valence-electron chi connectivity index (χ3n) is 4.38. The summed E-state index contributed by atoms with van der Waals surface area (Å²) in [6.45, 7) is 5.19. The van der Waals surface area contributed by atoms with Crippen LogP contribution in [0.25, 0.3) is 0 Å². The van der Waals surface area contributed by atoms with Crippen molar-refractivity contribution in [2.24, 2.45) is 0 Å². The lowest BCUT2D eigenvalue weighted by Crippen LogP contribution is -2.48. The van der Waals surface area contributed by atoms with Crippen LogP contribution in [0.2, 0.25) is 10.0 Å². The Morgan fingerprint density at radius 2 is 1.96 bits per heavy atom. The molecule has 1 N–H and O–H groups in total. The Morgan fingerprint density at radius 1 is 1.31 bits per heavy atom. The topological polar surface area (TPSA) is 69.7 Å². The molecular formula is C17H25Cl2N3O3S. The molecule has 0 unspecified atom stereocenters. The van der Waals surface area contributed by atoms with Gasteiger partial charge in [-0.05, 0) is 64.0 Å². The van der Waals surface area contributed by atoms with E-state index in [1.807, 2.05) is 0 Å². The predicted molar refractivity (Wildman–Crippen MR) is 107 cm³/mol. The summed E-state index contributed by atoms with van der Waals surface area (Å²) in [5, 5.41) is 3.37. The molecule has 1 heterocycles. The Kier molecular flexibility index (Phi) is 7.58. The van der Waals surface area contributed by atoms with Crippen LogP contribution >= 0.6 is 23.2 Å². The molecule has 9 heteroatoms. The number of anilines is 1. The van der Waals surface area contributed by atoms with E-state index in [0.717, 1.165) is 36.6 Å². The smallest absolute Gasteiger partial charge is 0.243 e. The molecule has 0 spiro atoms. The van der Waals surface area contributed by atoms with Crippen molar-refractivity contribution >= 4 is 44.8 Å². The highest BCUT2D eigenvalue weighted by molar-refractivity contribution is 7.92. The molecule has 1 fully saturated rings. The molecule has 2 rings (SSSR count). The van der Waals surface area contributed by atoms with Gasteiger partial charge in [0.05, 0.1) is 17.0 Å². The second-order valence-corrected chi connectivity index (χ2v) is 9.23. The summed E-state index contributed by atoms with van der Waals surface area (Å²) in [7, 11) is -3.72. The van der Waals surface area contributed by atoms with Crippen LogP contribution in [0.1, 0.15) is 26.2 Å². The average molecular weight is 422 g/mol. The highest BCUT2D eigenvalue weighted by atomic mass is 35.5. The lowest BCUT2D eigenvalue weighted by atomic mass is 10.2. The first kappa shape index (κ1) is 21.3. The van der Waals surface area contributed by atoms with Crippen LogP contribution in [-0.2, 0) is 14.8 Å². The lowest BCUT2D eigenvalue weighted by Gasteiger charge is -2.29. The van der Waals surface area contributed by atoms with E-state index in [2.05, 4.69) is 10.2 Å². The maximum Gasteiger partial charge on any atom is 0.243 e. The van der Waals surface area contributed by atoms with Crippen molar-refractivity contribution in [3.05, 3.63) is 28.2 Å². The van der Waals surface area contributed by atoms with Crippen molar-refractivity contribution in [1.29, 1.82) is 0 Å². The lowest BCUT2D eigenvalue weighted by molar-refractivity contribution is -0.121. The molecule has 0 bridgehead atoms. The second kappa shape index (κ2) is 9.26. The van der Waals surface area contributed by atoms with Gasteiger partial charge in [-0.25, -0.2) is 8.42 Å². The molecule has 1 atom stereocenters. The molecular weight excluding hydrogens is 397 g/mol. The molecule has 26 heavy (non-hydrogen) atoms. The number of nitrogens with zero attached hydrogens (tertiary/aromatic N) is 2. The Morgan fingerprint density at radius 3 is 2.58 bits per heavy atom. The van der Waals surface area contributed by atoms with Crippen molar-refractivity contribution in [3.63, 3.8) is 0 Å². The average Bonchev–Trinajstić information content (AvgIpc) is 3.07. The summed E-state index contributed by atoms with van der Waals surface area (Å²) in [4.78, 5) is 14.9. The number of likely N-dealkylation sites (tertiary alicyclic amines) is 1. The van der Waals surface area contributed by atoms with Gasteiger partial charge in [0.1, 0.15) is 6.04 Å². The quantitative estimate of drug-likeness (QED) is 0.655. The van der Waals surface area contributed by atoms with Crippen molar-refractivity contribution in [2.45, 2.75) is 32.2 Å². The third kappa shape index (κ3) is 5.74. The summed E-state index contributed by atoms with van der Waals surface area (Å²) in [5.74, 6) is -0.368.